The molecule has 0 amide bonds. The lowest BCUT2D eigenvalue weighted by Gasteiger charge is -2.31. The Hall–Kier alpha value is -2.14. The number of benzene rings is 2. The van der Waals surface area contributed by atoms with Crippen LogP contribution in [0.2, 0.25) is 10.0 Å². The van der Waals surface area contributed by atoms with Gasteiger partial charge in [0.05, 0.1) is 16.5 Å². The smallest absolute Gasteiger partial charge is 0.311 e. The van der Waals surface area contributed by atoms with Gasteiger partial charge in [-0.2, -0.15) is 0 Å². The summed E-state index contributed by atoms with van der Waals surface area (Å²) in [4.78, 5) is 17.2. The molecule has 6 heteroatoms. The van der Waals surface area contributed by atoms with Crippen LogP contribution in [0.1, 0.15) is 58.9 Å². The first-order valence-electron chi connectivity index (χ1n) is 11.0. The summed E-state index contributed by atoms with van der Waals surface area (Å²) in [7, 11) is 0. The molecule has 3 rings (SSSR count). The molecule has 1 unspecified atom stereocenters. The van der Waals surface area contributed by atoms with Crippen molar-refractivity contribution in [1.29, 1.82) is 0 Å². The normalized spacial score (nSPS) is 13.2. The molecule has 0 N–H and O–H groups in total. The second-order valence-electron chi connectivity index (χ2n) is 10.2. The average molecular weight is 488 g/mol. The van der Waals surface area contributed by atoms with Gasteiger partial charge in [-0.1, -0.05) is 41.4 Å². The van der Waals surface area contributed by atoms with E-state index < -0.39 is 17.1 Å². The number of fused-ring (bicyclic) bond motifs is 1. The number of aromatic nitrogens is 1. The van der Waals surface area contributed by atoms with Gasteiger partial charge in [0.2, 0.25) is 0 Å². The molecule has 0 radical (unpaired) electrons. The fourth-order valence-electron chi connectivity index (χ4n) is 3.57. The molecule has 176 valence electrons. The number of nitrogens with zero attached hydrogens (tertiary/aromatic N) is 1. The summed E-state index contributed by atoms with van der Waals surface area (Å²) in [6, 6.07) is 13.4. The quantitative estimate of drug-likeness (QED) is 0.342. The molecule has 0 spiro atoms. The van der Waals surface area contributed by atoms with Crippen LogP contribution in [0.5, 0.6) is 0 Å². The van der Waals surface area contributed by atoms with Gasteiger partial charge in [-0.3, -0.25) is 9.78 Å². The van der Waals surface area contributed by atoms with E-state index in [0.717, 1.165) is 33.3 Å². The lowest BCUT2D eigenvalue weighted by atomic mass is 9.91. The predicted molar refractivity (Wildman–Crippen MR) is 136 cm³/mol. The van der Waals surface area contributed by atoms with E-state index >= 15 is 0 Å². The lowest BCUT2D eigenvalue weighted by Crippen LogP contribution is -2.29. The highest BCUT2D eigenvalue weighted by molar-refractivity contribution is 6.33. The van der Waals surface area contributed by atoms with Crippen molar-refractivity contribution < 1.29 is 14.3 Å². The van der Waals surface area contributed by atoms with E-state index in [1.807, 2.05) is 90.9 Å². The van der Waals surface area contributed by atoms with Crippen molar-refractivity contribution in [2.45, 2.75) is 60.2 Å². The third kappa shape index (κ3) is 6.26. The van der Waals surface area contributed by atoms with E-state index in [4.69, 9.17) is 32.7 Å². The van der Waals surface area contributed by atoms with Gasteiger partial charge in [-0.15, -0.1) is 0 Å². The Morgan fingerprint density at radius 3 is 2.21 bits per heavy atom. The third-order valence-electron chi connectivity index (χ3n) is 5.05. The van der Waals surface area contributed by atoms with Crippen LogP contribution in [0.4, 0.5) is 0 Å². The van der Waals surface area contributed by atoms with Gasteiger partial charge in [-0.05, 0) is 83.9 Å². The largest absolute Gasteiger partial charge is 0.462 e. The number of esters is 1. The average Bonchev–Trinajstić information content (AvgIpc) is 2.69. The maximum atomic E-state index is 12.6. The predicted octanol–water partition coefficient (Wildman–Crippen LogP) is 7.96. The van der Waals surface area contributed by atoms with E-state index in [-0.39, 0.29) is 12.6 Å². The summed E-state index contributed by atoms with van der Waals surface area (Å²) in [6.07, 6.45) is -0.583. The van der Waals surface area contributed by atoms with Gasteiger partial charge in [0.1, 0.15) is 12.7 Å². The molecule has 0 aliphatic heterocycles. The molecule has 0 fully saturated rings. The van der Waals surface area contributed by atoms with E-state index in [1.54, 1.807) is 0 Å². The first-order chi connectivity index (χ1) is 15.3. The van der Waals surface area contributed by atoms with Crippen molar-refractivity contribution in [1.82, 2.24) is 4.98 Å². The van der Waals surface area contributed by atoms with E-state index in [1.165, 1.54) is 0 Å². The first-order valence-corrected chi connectivity index (χ1v) is 11.7. The van der Waals surface area contributed by atoms with E-state index in [0.29, 0.717) is 10.0 Å². The molecule has 1 aromatic heterocycles. The monoisotopic (exact) mass is 487 g/mol. The van der Waals surface area contributed by atoms with Gasteiger partial charge < -0.3 is 9.47 Å². The Kier molecular flexibility index (Phi) is 7.42. The SMILES string of the molecule is Cc1ccc2c(-c3ccc(Cl)cc3)c(C(COC(=O)C(C)(C)C)OC(C)(C)C)c(Cl)cc2n1. The fraction of sp³-hybridized carbons (Fsp3) is 0.407. The molecule has 0 saturated carbocycles. The Morgan fingerprint density at radius 2 is 1.64 bits per heavy atom. The molecule has 0 aliphatic rings. The summed E-state index contributed by atoms with van der Waals surface area (Å²) < 4.78 is 12.1. The van der Waals surface area contributed by atoms with Crippen molar-refractivity contribution in [2.75, 3.05) is 6.61 Å². The van der Waals surface area contributed by atoms with Gasteiger partial charge in [0, 0.05) is 26.7 Å². The number of ether oxygens (including phenoxy) is 2. The molecule has 1 atom stereocenters. The zero-order valence-corrected chi connectivity index (χ0v) is 21.8. The van der Waals surface area contributed by atoms with Crippen molar-refractivity contribution >= 4 is 40.1 Å². The molecule has 4 nitrogen and oxygen atoms in total. The summed E-state index contributed by atoms with van der Waals surface area (Å²) in [6.45, 7) is 13.4. The van der Waals surface area contributed by atoms with Crippen LogP contribution < -0.4 is 0 Å². The first kappa shape index (κ1) is 25.5. The number of hydrogen-bond acceptors (Lipinski definition) is 4. The van der Waals surface area contributed by atoms with Crippen molar-refractivity contribution in [3.05, 3.63) is 63.8 Å². The molecule has 33 heavy (non-hydrogen) atoms. The zero-order valence-electron chi connectivity index (χ0n) is 20.3. The van der Waals surface area contributed by atoms with Crippen LogP contribution in [-0.2, 0) is 14.3 Å². The fourth-order valence-corrected chi connectivity index (χ4v) is 4.02. The summed E-state index contributed by atoms with van der Waals surface area (Å²) in [5.41, 5.74) is 3.14. The standard InChI is InChI=1S/C27H31Cl2NO3/c1-16-8-13-19-21(30-16)14-20(29)24(23(19)17-9-11-18(28)12-10-17)22(33-27(5,6)7)15-32-25(31)26(2,3)4/h8-14,22H,15H2,1-7H3. The number of hydrogen-bond donors (Lipinski definition) is 0. The van der Waals surface area contributed by atoms with E-state index in [2.05, 4.69) is 4.98 Å². The van der Waals surface area contributed by atoms with Crippen LogP contribution in [0, 0.1) is 12.3 Å². The minimum absolute atomic E-state index is 0.0402. The number of halogens is 2. The highest BCUT2D eigenvalue weighted by atomic mass is 35.5. The van der Waals surface area contributed by atoms with Crippen molar-refractivity contribution in [2.24, 2.45) is 5.41 Å². The molecule has 2 aromatic carbocycles. The van der Waals surface area contributed by atoms with Crippen LogP contribution in [-0.4, -0.2) is 23.2 Å². The van der Waals surface area contributed by atoms with Gasteiger partial charge in [0.15, 0.2) is 0 Å². The molecule has 0 saturated heterocycles. The van der Waals surface area contributed by atoms with Crippen LogP contribution >= 0.6 is 23.2 Å². The number of carbonyl (C=O) groups excluding carboxylic acids is 1. The van der Waals surface area contributed by atoms with Crippen LogP contribution in [0.15, 0.2) is 42.5 Å². The maximum absolute atomic E-state index is 12.6. The van der Waals surface area contributed by atoms with Crippen molar-refractivity contribution in [3.8, 4) is 11.1 Å². The zero-order chi connectivity index (χ0) is 24.6. The highest BCUT2D eigenvalue weighted by Gasteiger charge is 2.30. The van der Waals surface area contributed by atoms with Gasteiger partial charge in [0.25, 0.3) is 0 Å². The number of rotatable bonds is 5. The Labute approximate surface area is 206 Å². The minimum Gasteiger partial charge on any atom is -0.462 e. The molecule has 0 aliphatic carbocycles. The summed E-state index contributed by atoms with van der Waals surface area (Å²) in [5.74, 6) is -0.299. The van der Waals surface area contributed by atoms with Gasteiger partial charge >= 0.3 is 5.97 Å². The minimum atomic E-state index is -0.625. The lowest BCUT2D eigenvalue weighted by molar-refractivity contribution is -0.161. The van der Waals surface area contributed by atoms with Crippen LogP contribution in [0.25, 0.3) is 22.0 Å². The summed E-state index contributed by atoms with van der Waals surface area (Å²) in [5, 5.41) is 2.08. The second kappa shape index (κ2) is 9.61. The molecule has 0 bridgehead atoms. The third-order valence-corrected chi connectivity index (χ3v) is 5.62. The molecular formula is C27H31Cl2NO3. The number of carbonyl (C=O) groups is 1. The maximum Gasteiger partial charge on any atom is 0.311 e. The molecule has 1 heterocycles. The van der Waals surface area contributed by atoms with Crippen molar-refractivity contribution in [3.63, 3.8) is 0 Å². The topological polar surface area (TPSA) is 48.4 Å². The highest BCUT2D eigenvalue weighted by Crippen LogP contribution is 2.42. The number of aryl methyl sites for hydroxylation is 1. The van der Waals surface area contributed by atoms with Gasteiger partial charge in [-0.25, -0.2) is 0 Å². The summed E-state index contributed by atoms with van der Waals surface area (Å²) >= 11 is 13.0. The Bertz CT molecular complexity index is 1160. The Morgan fingerprint density at radius 1 is 1.00 bits per heavy atom. The number of pyridine rings is 1. The molecule has 3 aromatic rings. The Balaban J connectivity index is 2.24. The van der Waals surface area contributed by atoms with Crippen LogP contribution in [0.3, 0.4) is 0 Å². The van der Waals surface area contributed by atoms with E-state index in [9.17, 15) is 4.79 Å². The molecular weight excluding hydrogens is 457 g/mol. The second-order valence-corrected chi connectivity index (χ2v) is 11.1.